The van der Waals surface area contributed by atoms with Crippen molar-refractivity contribution in [2.24, 2.45) is 0 Å². The number of hydrogen-bond acceptors (Lipinski definition) is 6. The number of ether oxygens (including phenoxy) is 1. The molecule has 7 nitrogen and oxygen atoms in total. The molecule has 2 aromatic carbocycles. The molecule has 1 aliphatic rings. The summed E-state index contributed by atoms with van der Waals surface area (Å²) in [6.07, 6.45) is 0. The van der Waals surface area contributed by atoms with Gasteiger partial charge in [-0.05, 0) is 24.3 Å². The molecular formula is C16H8FN3O4S. The third-order valence-electron chi connectivity index (χ3n) is 3.59. The van der Waals surface area contributed by atoms with Crippen molar-refractivity contribution >= 4 is 15.9 Å². The number of sulfonamides is 1. The summed E-state index contributed by atoms with van der Waals surface area (Å²) in [5.41, 5.74) is -0.501. The number of hydrogen-bond donors (Lipinski definition) is 0. The highest BCUT2D eigenvalue weighted by Gasteiger charge is 2.42. The van der Waals surface area contributed by atoms with Crippen LogP contribution in [0.3, 0.4) is 0 Å². The van der Waals surface area contributed by atoms with Gasteiger partial charge in [-0.1, -0.05) is 0 Å². The summed E-state index contributed by atoms with van der Waals surface area (Å²) >= 11 is 0. The van der Waals surface area contributed by atoms with Gasteiger partial charge < -0.3 is 4.74 Å². The van der Waals surface area contributed by atoms with Gasteiger partial charge in [-0.15, -0.1) is 0 Å². The van der Waals surface area contributed by atoms with Gasteiger partial charge in [0, 0.05) is 13.1 Å². The Labute approximate surface area is 142 Å². The van der Waals surface area contributed by atoms with Crippen LogP contribution in [-0.2, 0) is 10.0 Å². The van der Waals surface area contributed by atoms with E-state index < -0.39 is 26.6 Å². The Kier molecular flexibility index (Phi) is 3.67. The van der Waals surface area contributed by atoms with Crippen LogP contribution in [0.2, 0.25) is 0 Å². The first-order valence-corrected chi connectivity index (χ1v) is 8.22. The van der Waals surface area contributed by atoms with Crippen molar-refractivity contribution in [2.75, 3.05) is 7.05 Å². The van der Waals surface area contributed by atoms with Gasteiger partial charge in [-0.25, -0.2) is 17.1 Å². The van der Waals surface area contributed by atoms with Gasteiger partial charge in [0.05, 0.1) is 17.2 Å². The average molecular weight is 357 g/mol. The molecule has 0 N–H and O–H groups in total. The van der Waals surface area contributed by atoms with Gasteiger partial charge >= 0.3 is 0 Å². The van der Waals surface area contributed by atoms with Crippen molar-refractivity contribution in [1.82, 2.24) is 4.31 Å². The number of nitrogens with zero attached hydrogens (tertiary/aromatic N) is 3. The van der Waals surface area contributed by atoms with Crippen LogP contribution in [0.5, 0.6) is 11.5 Å². The van der Waals surface area contributed by atoms with Crippen molar-refractivity contribution < 1.29 is 22.3 Å². The lowest BCUT2D eigenvalue weighted by molar-refractivity contribution is 0.0891. The van der Waals surface area contributed by atoms with E-state index in [1.54, 1.807) is 12.1 Å². The normalized spacial score (nSPS) is 14.6. The molecule has 124 valence electrons. The third kappa shape index (κ3) is 2.47. The molecule has 0 aliphatic carbocycles. The highest BCUT2D eigenvalue weighted by Crippen LogP contribution is 2.38. The molecule has 0 fully saturated rings. The number of benzene rings is 2. The Morgan fingerprint density at radius 3 is 2.52 bits per heavy atom. The molecule has 0 radical (unpaired) electrons. The standard InChI is InChI=1S/C16H8FN3O4S/c1-20-16(21)12-2-3-14(13(8-19)15(12)25(20,22)23)24-11-5-9(7-18)4-10(17)6-11/h2-6H,1H3. The van der Waals surface area contributed by atoms with Gasteiger partial charge in [0.15, 0.2) is 0 Å². The number of rotatable bonds is 2. The van der Waals surface area contributed by atoms with E-state index in [0.29, 0.717) is 4.31 Å². The molecule has 0 unspecified atom stereocenters. The Morgan fingerprint density at radius 1 is 1.16 bits per heavy atom. The Morgan fingerprint density at radius 2 is 1.88 bits per heavy atom. The Hall–Kier alpha value is -3.43. The molecule has 2 aromatic rings. The minimum absolute atomic E-state index is 0.00259. The first kappa shape index (κ1) is 16.4. The average Bonchev–Trinajstić information content (AvgIpc) is 2.75. The third-order valence-corrected chi connectivity index (χ3v) is 5.42. The van der Waals surface area contributed by atoms with Crippen LogP contribution in [0.4, 0.5) is 4.39 Å². The number of fused-ring (bicyclic) bond motifs is 1. The van der Waals surface area contributed by atoms with E-state index in [1.807, 2.05) is 0 Å². The monoisotopic (exact) mass is 357 g/mol. The number of halogens is 1. The van der Waals surface area contributed by atoms with Crippen molar-refractivity contribution in [3.05, 3.63) is 52.8 Å². The summed E-state index contributed by atoms with van der Waals surface area (Å²) in [6, 6.07) is 9.17. The van der Waals surface area contributed by atoms with Crippen LogP contribution in [0.1, 0.15) is 21.5 Å². The maximum atomic E-state index is 13.5. The molecule has 25 heavy (non-hydrogen) atoms. The predicted octanol–water partition coefficient (Wildman–Crippen LogP) is 2.14. The van der Waals surface area contributed by atoms with Crippen LogP contribution in [-0.4, -0.2) is 25.7 Å². The fraction of sp³-hybridized carbons (Fsp3) is 0.0625. The zero-order valence-corrected chi connectivity index (χ0v) is 13.5. The van der Waals surface area contributed by atoms with Gasteiger partial charge in [-0.3, -0.25) is 4.79 Å². The maximum absolute atomic E-state index is 13.5. The summed E-state index contributed by atoms with van der Waals surface area (Å²) in [7, 11) is -3.07. The smallest absolute Gasteiger partial charge is 0.268 e. The first-order valence-electron chi connectivity index (χ1n) is 6.78. The quantitative estimate of drug-likeness (QED) is 0.814. The lowest BCUT2D eigenvalue weighted by atomic mass is 10.1. The largest absolute Gasteiger partial charge is 0.456 e. The van der Waals surface area contributed by atoms with Crippen molar-refractivity contribution in [1.29, 1.82) is 10.5 Å². The summed E-state index contributed by atoms with van der Waals surface area (Å²) < 4.78 is 44.1. The maximum Gasteiger partial charge on any atom is 0.268 e. The fourth-order valence-corrected chi connectivity index (χ4v) is 3.85. The molecule has 0 spiro atoms. The van der Waals surface area contributed by atoms with Crippen molar-refractivity contribution in [3.8, 4) is 23.6 Å². The second-order valence-electron chi connectivity index (χ2n) is 5.09. The summed E-state index contributed by atoms with van der Waals surface area (Å²) in [5, 5.41) is 18.2. The van der Waals surface area contributed by atoms with E-state index in [2.05, 4.69) is 0 Å². The SMILES string of the molecule is CN1C(=O)c2ccc(Oc3cc(F)cc(C#N)c3)c(C#N)c2S1(=O)=O. The number of carbonyl (C=O) groups is 1. The minimum atomic E-state index is -4.16. The zero-order chi connectivity index (χ0) is 18.4. The van der Waals surface area contributed by atoms with E-state index in [0.717, 1.165) is 19.2 Å². The van der Waals surface area contributed by atoms with Crippen LogP contribution < -0.4 is 4.74 Å². The molecule has 1 heterocycles. The van der Waals surface area contributed by atoms with E-state index in [1.165, 1.54) is 18.2 Å². The van der Waals surface area contributed by atoms with E-state index in [-0.39, 0.29) is 28.2 Å². The highest BCUT2D eigenvalue weighted by molar-refractivity contribution is 7.90. The van der Waals surface area contributed by atoms with Crippen molar-refractivity contribution in [3.63, 3.8) is 0 Å². The molecule has 0 aromatic heterocycles. The highest BCUT2D eigenvalue weighted by atomic mass is 32.2. The topological polar surface area (TPSA) is 111 Å². The molecule has 1 aliphatic heterocycles. The van der Waals surface area contributed by atoms with E-state index >= 15 is 0 Å². The lowest BCUT2D eigenvalue weighted by Gasteiger charge is -2.10. The number of amides is 1. The molecule has 1 amide bonds. The van der Waals surface area contributed by atoms with Crippen LogP contribution >= 0.6 is 0 Å². The Bertz CT molecular complexity index is 1110. The Balaban J connectivity index is 2.17. The molecular weight excluding hydrogens is 349 g/mol. The molecule has 0 saturated heterocycles. The number of nitriles is 2. The first-order chi connectivity index (χ1) is 11.8. The second-order valence-corrected chi connectivity index (χ2v) is 7.00. The van der Waals surface area contributed by atoms with E-state index in [9.17, 15) is 22.9 Å². The van der Waals surface area contributed by atoms with Crippen LogP contribution in [0.15, 0.2) is 35.2 Å². The fourth-order valence-electron chi connectivity index (χ4n) is 2.42. The van der Waals surface area contributed by atoms with Crippen molar-refractivity contribution in [2.45, 2.75) is 4.90 Å². The second kappa shape index (κ2) is 5.58. The van der Waals surface area contributed by atoms with Crippen LogP contribution in [0.25, 0.3) is 0 Å². The van der Waals surface area contributed by atoms with Gasteiger partial charge in [0.2, 0.25) is 0 Å². The predicted molar refractivity (Wildman–Crippen MR) is 81.6 cm³/mol. The summed E-state index contributed by atoms with van der Waals surface area (Å²) in [4.78, 5) is 11.5. The van der Waals surface area contributed by atoms with E-state index in [4.69, 9.17) is 10.00 Å². The molecule has 3 rings (SSSR count). The number of carbonyl (C=O) groups excluding carboxylic acids is 1. The lowest BCUT2D eigenvalue weighted by Crippen LogP contribution is -2.25. The molecule has 0 atom stereocenters. The van der Waals surface area contributed by atoms with Gasteiger partial charge in [0.25, 0.3) is 15.9 Å². The molecule has 0 saturated carbocycles. The minimum Gasteiger partial charge on any atom is -0.456 e. The molecule has 0 bridgehead atoms. The summed E-state index contributed by atoms with van der Waals surface area (Å²) in [6.45, 7) is 0. The molecule has 9 heteroatoms. The zero-order valence-electron chi connectivity index (χ0n) is 12.6. The van der Waals surface area contributed by atoms with Gasteiger partial charge in [0.1, 0.15) is 33.8 Å². The summed E-state index contributed by atoms with van der Waals surface area (Å²) in [5.74, 6) is -1.72. The van der Waals surface area contributed by atoms with Gasteiger partial charge in [-0.2, -0.15) is 10.5 Å². The van der Waals surface area contributed by atoms with Crippen LogP contribution in [0, 0.1) is 28.5 Å².